The van der Waals surface area contributed by atoms with Crippen LogP contribution >= 0.6 is 0 Å². The first-order valence-corrected chi connectivity index (χ1v) is 8.02. The highest BCUT2D eigenvalue weighted by molar-refractivity contribution is 5.82. The van der Waals surface area contributed by atoms with Gasteiger partial charge in [0.15, 0.2) is 0 Å². The van der Waals surface area contributed by atoms with Crippen molar-refractivity contribution in [2.75, 3.05) is 0 Å². The number of aromatic amines is 1. The van der Waals surface area contributed by atoms with Crippen LogP contribution in [0.3, 0.4) is 0 Å². The van der Waals surface area contributed by atoms with E-state index in [1.54, 1.807) is 16.9 Å². The molecule has 1 N–H and O–H groups in total. The first-order chi connectivity index (χ1) is 12.5. The lowest BCUT2D eigenvalue weighted by Gasteiger charge is -2.07. The van der Waals surface area contributed by atoms with Crippen LogP contribution in [0.25, 0.3) is 22.2 Å². The number of benzene rings is 2. The van der Waals surface area contributed by atoms with E-state index in [1.165, 1.54) is 13.1 Å². The second kappa shape index (κ2) is 6.11. The summed E-state index contributed by atoms with van der Waals surface area (Å²) in [6.45, 7) is 0.600. The highest BCUT2D eigenvalue weighted by Gasteiger charge is 2.12. The van der Waals surface area contributed by atoms with Gasteiger partial charge in [0.1, 0.15) is 11.3 Å². The van der Waals surface area contributed by atoms with Gasteiger partial charge in [0, 0.05) is 18.8 Å². The number of rotatable bonds is 3. The molecule has 0 saturated carbocycles. The van der Waals surface area contributed by atoms with E-state index in [4.69, 9.17) is 0 Å². The fraction of sp³-hybridized carbons (Fsp3) is 0.105. The van der Waals surface area contributed by atoms with Crippen LogP contribution in [-0.2, 0) is 13.6 Å². The molecule has 26 heavy (non-hydrogen) atoms. The molecule has 0 aliphatic carbocycles. The van der Waals surface area contributed by atoms with E-state index in [-0.39, 0.29) is 5.52 Å². The summed E-state index contributed by atoms with van der Waals surface area (Å²) in [6, 6.07) is 12.9. The summed E-state index contributed by atoms with van der Waals surface area (Å²) in [6.07, 6.45) is 3.46. The predicted molar refractivity (Wildman–Crippen MR) is 96.5 cm³/mol. The molecular formula is C19H15FN4O2. The number of fused-ring (bicyclic) bond motifs is 1. The molecule has 6 nitrogen and oxygen atoms in total. The quantitative estimate of drug-likeness (QED) is 0.576. The molecule has 0 bridgehead atoms. The van der Waals surface area contributed by atoms with Crippen LogP contribution in [0.4, 0.5) is 4.39 Å². The third-order valence-corrected chi connectivity index (χ3v) is 4.32. The molecular weight excluding hydrogens is 335 g/mol. The second-order valence-electron chi connectivity index (χ2n) is 6.08. The Morgan fingerprint density at radius 3 is 2.65 bits per heavy atom. The maximum absolute atomic E-state index is 14.5. The summed E-state index contributed by atoms with van der Waals surface area (Å²) in [5.74, 6) is -0.596. The Labute approximate surface area is 147 Å². The van der Waals surface area contributed by atoms with Gasteiger partial charge in [-0.2, -0.15) is 5.10 Å². The van der Waals surface area contributed by atoms with Gasteiger partial charge in [-0.25, -0.2) is 4.39 Å². The predicted octanol–water partition coefficient (Wildman–Crippen LogP) is 2.28. The first kappa shape index (κ1) is 16.0. The van der Waals surface area contributed by atoms with Crippen LogP contribution in [0.1, 0.15) is 5.56 Å². The highest BCUT2D eigenvalue weighted by Crippen LogP contribution is 2.24. The molecule has 2 aromatic heterocycles. The van der Waals surface area contributed by atoms with Gasteiger partial charge >= 0.3 is 11.1 Å². The van der Waals surface area contributed by atoms with Crippen molar-refractivity contribution in [3.05, 3.63) is 86.9 Å². The maximum Gasteiger partial charge on any atom is 0.316 e. The topological polar surface area (TPSA) is 72.7 Å². The van der Waals surface area contributed by atoms with Crippen LogP contribution in [0.2, 0.25) is 0 Å². The molecule has 130 valence electrons. The van der Waals surface area contributed by atoms with Crippen molar-refractivity contribution >= 4 is 11.0 Å². The zero-order chi connectivity index (χ0) is 18.3. The summed E-state index contributed by atoms with van der Waals surface area (Å²) < 4.78 is 17.4. The van der Waals surface area contributed by atoms with Gasteiger partial charge in [0.05, 0.1) is 18.3 Å². The van der Waals surface area contributed by atoms with Crippen LogP contribution in [-0.4, -0.2) is 19.3 Å². The smallest absolute Gasteiger partial charge is 0.313 e. The van der Waals surface area contributed by atoms with Gasteiger partial charge < -0.3 is 9.55 Å². The van der Waals surface area contributed by atoms with Crippen molar-refractivity contribution in [2.24, 2.45) is 7.05 Å². The minimum absolute atomic E-state index is 0.0116. The lowest BCUT2D eigenvalue weighted by atomic mass is 10.1. The van der Waals surface area contributed by atoms with E-state index < -0.39 is 16.9 Å². The number of halogens is 1. The number of aromatic nitrogens is 4. The van der Waals surface area contributed by atoms with Gasteiger partial charge in [-0.15, -0.1) is 0 Å². The Kier molecular flexibility index (Phi) is 3.76. The fourth-order valence-corrected chi connectivity index (χ4v) is 2.95. The minimum atomic E-state index is -0.845. The standard InChI is InChI=1S/C19H15FN4O2/c1-23-16-8-13(7-15(20)17(16)22-18(25)19(23)26)14-9-21-24(11-14)10-12-5-3-2-4-6-12/h2-9,11H,10H2,1H3,(H,22,25). The van der Waals surface area contributed by atoms with Gasteiger partial charge in [0.25, 0.3) is 0 Å². The zero-order valence-corrected chi connectivity index (χ0v) is 13.9. The Morgan fingerprint density at radius 1 is 1.12 bits per heavy atom. The number of aryl methyl sites for hydroxylation is 1. The monoisotopic (exact) mass is 350 g/mol. The molecule has 4 rings (SSSR count). The van der Waals surface area contributed by atoms with E-state index in [9.17, 15) is 14.0 Å². The fourth-order valence-electron chi connectivity index (χ4n) is 2.95. The lowest BCUT2D eigenvalue weighted by Crippen LogP contribution is -2.35. The number of H-pyrrole nitrogens is 1. The first-order valence-electron chi connectivity index (χ1n) is 8.02. The number of hydrogen-bond donors (Lipinski definition) is 1. The number of nitrogens with one attached hydrogen (secondary N) is 1. The average Bonchev–Trinajstić information content (AvgIpc) is 3.10. The largest absolute Gasteiger partial charge is 0.316 e. The molecule has 0 spiro atoms. The Balaban J connectivity index is 1.78. The molecule has 0 aliphatic rings. The molecule has 0 radical (unpaired) electrons. The molecule has 0 unspecified atom stereocenters. The molecule has 0 saturated heterocycles. The molecule has 0 aliphatic heterocycles. The van der Waals surface area contributed by atoms with Gasteiger partial charge in [0.2, 0.25) is 0 Å². The molecule has 0 fully saturated rings. The van der Waals surface area contributed by atoms with Gasteiger partial charge in [-0.05, 0) is 23.3 Å². The summed E-state index contributed by atoms with van der Waals surface area (Å²) in [4.78, 5) is 25.7. The normalized spacial score (nSPS) is 11.2. The van der Waals surface area contributed by atoms with E-state index in [0.29, 0.717) is 17.6 Å². The van der Waals surface area contributed by atoms with Crippen LogP contribution in [0, 0.1) is 5.82 Å². The molecule has 0 atom stereocenters. The average molecular weight is 350 g/mol. The Morgan fingerprint density at radius 2 is 1.88 bits per heavy atom. The number of nitrogens with zero attached hydrogens (tertiary/aromatic N) is 3. The van der Waals surface area contributed by atoms with Gasteiger partial charge in [-0.3, -0.25) is 14.3 Å². The third kappa shape index (κ3) is 2.73. The second-order valence-corrected chi connectivity index (χ2v) is 6.08. The number of hydrogen-bond acceptors (Lipinski definition) is 3. The van der Waals surface area contributed by atoms with E-state index in [2.05, 4.69) is 10.1 Å². The van der Waals surface area contributed by atoms with Crippen LogP contribution in [0.15, 0.2) is 64.4 Å². The van der Waals surface area contributed by atoms with Crippen molar-refractivity contribution in [2.45, 2.75) is 6.54 Å². The van der Waals surface area contributed by atoms with Crippen molar-refractivity contribution in [3.63, 3.8) is 0 Å². The summed E-state index contributed by atoms with van der Waals surface area (Å²) in [5, 5.41) is 4.32. The highest BCUT2D eigenvalue weighted by atomic mass is 19.1. The molecule has 2 aromatic carbocycles. The Hall–Kier alpha value is -3.48. The molecule has 2 heterocycles. The SMILES string of the molecule is Cn1c(=O)c(=O)[nH]c2c(F)cc(-c3cnn(Cc4ccccc4)c3)cc21. The maximum atomic E-state index is 14.5. The zero-order valence-electron chi connectivity index (χ0n) is 13.9. The van der Waals surface area contributed by atoms with Crippen molar-refractivity contribution in [1.82, 2.24) is 19.3 Å². The summed E-state index contributed by atoms with van der Waals surface area (Å²) in [5.41, 5.74) is 1.16. The van der Waals surface area contributed by atoms with Crippen LogP contribution in [0.5, 0.6) is 0 Å². The van der Waals surface area contributed by atoms with Crippen molar-refractivity contribution < 1.29 is 4.39 Å². The minimum Gasteiger partial charge on any atom is -0.313 e. The molecule has 0 amide bonds. The summed E-state index contributed by atoms with van der Waals surface area (Å²) >= 11 is 0. The van der Waals surface area contributed by atoms with E-state index >= 15 is 0 Å². The van der Waals surface area contributed by atoms with E-state index in [0.717, 1.165) is 15.7 Å². The third-order valence-electron chi connectivity index (χ3n) is 4.32. The van der Waals surface area contributed by atoms with Crippen molar-refractivity contribution in [1.29, 1.82) is 0 Å². The van der Waals surface area contributed by atoms with Crippen molar-refractivity contribution in [3.8, 4) is 11.1 Å². The lowest BCUT2D eigenvalue weighted by molar-refractivity contribution is 0.635. The molecule has 4 aromatic rings. The van der Waals surface area contributed by atoms with E-state index in [1.807, 2.05) is 36.5 Å². The Bertz CT molecular complexity index is 1220. The summed E-state index contributed by atoms with van der Waals surface area (Å²) in [7, 11) is 1.45. The van der Waals surface area contributed by atoms with Gasteiger partial charge in [-0.1, -0.05) is 30.3 Å². The van der Waals surface area contributed by atoms with Crippen LogP contribution < -0.4 is 11.1 Å². The molecule has 7 heteroatoms.